The number of aliphatic carboxylic acids is 1. The summed E-state index contributed by atoms with van der Waals surface area (Å²) in [5, 5.41) is 10.4. The van der Waals surface area contributed by atoms with Crippen molar-refractivity contribution in [3.8, 4) is 0 Å². The van der Waals surface area contributed by atoms with E-state index in [-0.39, 0.29) is 12.3 Å². The summed E-state index contributed by atoms with van der Waals surface area (Å²) in [6.07, 6.45) is 2.20. The molecule has 1 aliphatic carbocycles. The third kappa shape index (κ3) is 1.17. The van der Waals surface area contributed by atoms with E-state index in [1.165, 1.54) is 0 Å². The van der Waals surface area contributed by atoms with E-state index in [0.29, 0.717) is 12.6 Å². The molecule has 1 atom stereocenters. The molecule has 4 nitrogen and oxygen atoms in total. The number of likely N-dealkylation sites (tertiary alicyclic amines) is 1. The van der Waals surface area contributed by atoms with Gasteiger partial charge in [0.1, 0.15) is 0 Å². The number of amides is 1. The number of carboxylic acid groups (broad SMARTS) is 1. The highest BCUT2D eigenvalue weighted by Crippen LogP contribution is 2.32. The highest BCUT2D eigenvalue weighted by Gasteiger charge is 2.39. The maximum absolute atomic E-state index is 11.2. The Kier molecular flexibility index (Phi) is 1.56. The Hall–Kier alpha value is -1.06. The van der Waals surface area contributed by atoms with Crippen molar-refractivity contribution in [3.63, 3.8) is 0 Å². The molecule has 12 heavy (non-hydrogen) atoms. The summed E-state index contributed by atoms with van der Waals surface area (Å²) in [5.41, 5.74) is 0. The summed E-state index contributed by atoms with van der Waals surface area (Å²) < 4.78 is 0. The molecule has 1 saturated carbocycles. The van der Waals surface area contributed by atoms with Crippen LogP contribution in [0.3, 0.4) is 0 Å². The number of carbonyl (C=O) groups is 2. The quantitative estimate of drug-likeness (QED) is 0.517. The second-order valence-electron chi connectivity index (χ2n) is 3.50. The van der Waals surface area contributed by atoms with Crippen LogP contribution in [0.15, 0.2) is 0 Å². The fourth-order valence-corrected chi connectivity index (χ4v) is 1.63. The van der Waals surface area contributed by atoms with Gasteiger partial charge < -0.3 is 14.8 Å². The first-order valence-corrected chi connectivity index (χ1v) is 4.19. The maximum atomic E-state index is 11.2. The van der Waals surface area contributed by atoms with E-state index in [9.17, 15) is 14.7 Å². The second-order valence-corrected chi connectivity index (χ2v) is 3.50. The number of rotatable bonds is 2. The zero-order valence-electron chi connectivity index (χ0n) is 6.66. The molecule has 0 unspecified atom stereocenters. The summed E-state index contributed by atoms with van der Waals surface area (Å²) in [6.45, 7) is 0.367. The van der Waals surface area contributed by atoms with Gasteiger partial charge in [-0.2, -0.15) is 0 Å². The fraction of sp³-hybridized carbons (Fsp3) is 0.750. The first-order valence-electron chi connectivity index (χ1n) is 4.19. The lowest BCUT2D eigenvalue weighted by molar-refractivity contribution is -0.311. The lowest BCUT2D eigenvalue weighted by Crippen LogP contribution is -2.34. The Morgan fingerprint density at radius 2 is 2.17 bits per heavy atom. The van der Waals surface area contributed by atoms with Crippen molar-refractivity contribution < 1.29 is 14.7 Å². The van der Waals surface area contributed by atoms with Crippen molar-refractivity contribution in [1.29, 1.82) is 0 Å². The van der Waals surface area contributed by atoms with Crippen molar-refractivity contribution in [1.82, 2.24) is 4.90 Å². The number of hydrogen-bond acceptors (Lipinski definition) is 3. The molecule has 4 heteroatoms. The van der Waals surface area contributed by atoms with Crippen LogP contribution in [0.25, 0.3) is 0 Å². The molecule has 0 N–H and O–H groups in total. The van der Waals surface area contributed by atoms with Crippen LogP contribution >= 0.6 is 0 Å². The molecule has 0 radical (unpaired) electrons. The van der Waals surface area contributed by atoms with E-state index in [1.807, 2.05) is 0 Å². The van der Waals surface area contributed by atoms with Gasteiger partial charge in [-0.05, 0) is 12.8 Å². The van der Waals surface area contributed by atoms with Gasteiger partial charge in [-0.15, -0.1) is 0 Å². The van der Waals surface area contributed by atoms with Crippen LogP contribution < -0.4 is 5.11 Å². The van der Waals surface area contributed by atoms with Gasteiger partial charge in [-0.1, -0.05) is 0 Å². The molecule has 1 amide bonds. The molecule has 0 aromatic rings. The van der Waals surface area contributed by atoms with Gasteiger partial charge in [-0.25, -0.2) is 0 Å². The molecule has 1 heterocycles. The maximum Gasteiger partial charge on any atom is 0.223 e. The molecule has 0 aromatic carbocycles. The molecule has 2 aliphatic rings. The Labute approximate surface area is 70.2 Å². The van der Waals surface area contributed by atoms with E-state index in [4.69, 9.17) is 0 Å². The Morgan fingerprint density at radius 1 is 1.50 bits per heavy atom. The Morgan fingerprint density at radius 3 is 2.58 bits per heavy atom. The average molecular weight is 168 g/mol. The third-order valence-corrected chi connectivity index (χ3v) is 2.48. The smallest absolute Gasteiger partial charge is 0.223 e. The number of hydrogen-bond donors (Lipinski definition) is 0. The van der Waals surface area contributed by atoms with Crippen molar-refractivity contribution in [3.05, 3.63) is 0 Å². The van der Waals surface area contributed by atoms with Crippen LogP contribution in [0, 0.1) is 5.92 Å². The van der Waals surface area contributed by atoms with Crippen LogP contribution in [0.2, 0.25) is 0 Å². The van der Waals surface area contributed by atoms with Gasteiger partial charge in [0, 0.05) is 30.9 Å². The molecular weight excluding hydrogens is 158 g/mol. The topological polar surface area (TPSA) is 60.4 Å². The van der Waals surface area contributed by atoms with E-state index < -0.39 is 11.9 Å². The molecule has 1 saturated heterocycles. The fourth-order valence-electron chi connectivity index (χ4n) is 1.63. The van der Waals surface area contributed by atoms with Crippen molar-refractivity contribution >= 4 is 11.9 Å². The Bertz CT molecular complexity index is 234. The minimum atomic E-state index is -1.09. The largest absolute Gasteiger partial charge is 0.550 e. The molecule has 1 aliphatic heterocycles. The lowest BCUT2D eigenvalue weighted by atomic mass is 10.1. The van der Waals surface area contributed by atoms with Crippen LogP contribution in [-0.4, -0.2) is 29.4 Å². The molecule has 0 aromatic heterocycles. The summed E-state index contributed by atoms with van der Waals surface area (Å²) in [5.74, 6) is -1.68. The zero-order chi connectivity index (χ0) is 8.72. The van der Waals surface area contributed by atoms with E-state index in [1.54, 1.807) is 4.90 Å². The van der Waals surface area contributed by atoms with Crippen LogP contribution in [0.5, 0.6) is 0 Å². The van der Waals surface area contributed by atoms with Gasteiger partial charge in [0.15, 0.2) is 0 Å². The first kappa shape index (κ1) is 7.58. The summed E-state index contributed by atoms with van der Waals surface area (Å²) in [7, 11) is 0. The van der Waals surface area contributed by atoms with Gasteiger partial charge in [0.25, 0.3) is 0 Å². The van der Waals surface area contributed by atoms with E-state index in [2.05, 4.69) is 0 Å². The number of carboxylic acids is 1. The second kappa shape index (κ2) is 2.47. The van der Waals surface area contributed by atoms with Crippen LogP contribution in [-0.2, 0) is 9.59 Å². The minimum Gasteiger partial charge on any atom is -0.550 e. The normalized spacial score (nSPS) is 29.5. The SMILES string of the molecule is O=C([O-])[C@H]1CC(=O)N(C2CC2)C1. The molecule has 0 bridgehead atoms. The monoisotopic (exact) mass is 168 g/mol. The minimum absolute atomic E-state index is 0.0216. The van der Waals surface area contributed by atoms with Crippen molar-refractivity contribution in [2.24, 2.45) is 5.92 Å². The van der Waals surface area contributed by atoms with E-state index in [0.717, 1.165) is 12.8 Å². The molecule has 66 valence electrons. The highest BCUT2D eigenvalue weighted by atomic mass is 16.4. The standard InChI is InChI=1S/C8H11NO3/c10-7-3-5(8(11)12)4-9(7)6-1-2-6/h5-6H,1-4H2,(H,11,12)/p-1/t5-/m0/s1. The Balaban J connectivity index is 2.01. The van der Waals surface area contributed by atoms with Gasteiger partial charge in [-0.3, -0.25) is 4.79 Å². The van der Waals surface area contributed by atoms with Gasteiger partial charge in [0.2, 0.25) is 5.91 Å². The highest BCUT2D eigenvalue weighted by molar-refractivity contribution is 5.85. The molecule has 0 spiro atoms. The zero-order valence-corrected chi connectivity index (χ0v) is 6.66. The van der Waals surface area contributed by atoms with Gasteiger partial charge in [0.05, 0.1) is 0 Å². The first-order chi connectivity index (χ1) is 5.68. The summed E-state index contributed by atoms with van der Waals surface area (Å²) >= 11 is 0. The number of nitrogens with zero attached hydrogens (tertiary/aromatic N) is 1. The predicted octanol–water partition coefficient (Wildman–Crippen LogP) is -1.25. The van der Waals surface area contributed by atoms with Crippen molar-refractivity contribution in [2.75, 3.05) is 6.54 Å². The summed E-state index contributed by atoms with van der Waals surface area (Å²) in [6, 6.07) is 0.335. The van der Waals surface area contributed by atoms with Crippen molar-refractivity contribution in [2.45, 2.75) is 25.3 Å². The summed E-state index contributed by atoms with van der Waals surface area (Å²) in [4.78, 5) is 23.3. The molecular formula is C8H10NO3-. The van der Waals surface area contributed by atoms with Crippen LogP contribution in [0.4, 0.5) is 0 Å². The van der Waals surface area contributed by atoms with E-state index >= 15 is 0 Å². The number of carbonyl (C=O) groups excluding carboxylic acids is 2. The van der Waals surface area contributed by atoms with Gasteiger partial charge >= 0.3 is 0 Å². The van der Waals surface area contributed by atoms with Crippen LogP contribution in [0.1, 0.15) is 19.3 Å². The average Bonchev–Trinajstić information content (AvgIpc) is 2.75. The lowest BCUT2D eigenvalue weighted by Gasteiger charge is -2.15. The molecule has 2 rings (SSSR count). The third-order valence-electron chi connectivity index (χ3n) is 2.48. The predicted molar refractivity (Wildman–Crippen MR) is 37.8 cm³/mol. The molecule has 2 fully saturated rings.